The summed E-state index contributed by atoms with van der Waals surface area (Å²) in [6.07, 6.45) is 0. The SMILES string of the molecule is Cc1c(O)c(O)c(O)c(-c2nc(-c3ccc4c(c3)C3(c5ccccc5-c5ccccc53)c3ccccc3-4)nc(-c3c(O)c(O)c(O)c(O)c3O)n2)c1O. The minimum Gasteiger partial charge on any atom is -0.507 e. The molecule has 7 aromatic rings. The molecule has 0 saturated carbocycles. The van der Waals surface area contributed by atoms with Gasteiger partial charge in [-0.3, -0.25) is 0 Å². The Hall–Kier alpha value is -7.47. The zero-order valence-corrected chi connectivity index (χ0v) is 27.5. The number of fused-ring (bicyclic) bond motifs is 10. The number of aromatic nitrogens is 3. The minimum absolute atomic E-state index is 0.117. The zero-order valence-electron chi connectivity index (χ0n) is 27.5. The molecule has 2 aliphatic rings. The molecular weight excluding hydrogens is 678 g/mol. The van der Waals surface area contributed by atoms with Gasteiger partial charge in [0.15, 0.2) is 40.5 Å². The second kappa shape index (κ2) is 10.8. The molecular formula is C41H27N3O9. The molecule has 0 aliphatic heterocycles. The van der Waals surface area contributed by atoms with E-state index < -0.39 is 79.9 Å². The van der Waals surface area contributed by atoms with Gasteiger partial charge in [-0.05, 0) is 57.5 Å². The molecule has 53 heavy (non-hydrogen) atoms. The molecule has 6 aromatic carbocycles. The predicted octanol–water partition coefficient (Wildman–Crippen LogP) is 6.87. The van der Waals surface area contributed by atoms with Gasteiger partial charge < -0.3 is 46.0 Å². The van der Waals surface area contributed by atoms with Crippen LogP contribution in [0.5, 0.6) is 51.7 Å². The summed E-state index contributed by atoms with van der Waals surface area (Å²) >= 11 is 0. The van der Waals surface area contributed by atoms with Crippen LogP contribution in [0.4, 0.5) is 0 Å². The molecule has 9 N–H and O–H groups in total. The van der Waals surface area contributed by atoms with E-state index in [-0.39, 0.29) is 11.4 Å². The van der Waals surface area contributed by atoms with Crippen LogP contribution in [0.15, 0.2) is 91.0 Å². The van der Waals surface area contributed by atoms with Crippen LogP contribution in [0.1, 0.15) is 27.8 Å². The number of phenolic OH excluding ortho intramolecular Hbond substituents is 9. The Morgan fingerprint density at radius 1 is 0.377 bits per heavy atom. The predicted molar refractivity (Wildman–Crippen MR) is 192 cm³/mol. The van der Waals surface area contributed by atoms with E-state index in [0.29, 0.717) is 5.56 Å². The normalized spacial score (nSPS) is 13.1. The highest BCUT2D eigenvalue weighted by Gasteiger charge is 2.51. The van der Waals surface area contributed by atoms with Gasteiger partial charge in [0.2, 0.25) is 23.0 Å². The standard InChI is InChI=1S/C41H27N3O9/c1-17-29(45)27(31(47)34(50)30(17)46)39-42-38(43-40(44-39)28-32(48)35(51)37(53)36(52)33(28)49)18-14-15-22-21-10-4-7-13-25(21)41(26(22)16-18)23-11-5-2-8-19(23)20-9-3-6-12-24(20)41/h2-16,45-53H,1H3. The van der Waals surface area contributed by atoms with E-state index in [1.165, 1.54) is 6.92 Å². The maximum Gasteiger partial charge on any atom is 0.208 e. The van der Waals surface area contributed by atoms with Crippen molar-refractivity contribution < 1.29 is 46.0 Å². The fraction of sp³-hybridized carbons (Fsp3) is 0.0488. The van der Waals surface area contributed by atoms with E-state index in [9.17, 15) is 46.0 Å². The van der Waals surface area contributed by atoms with Crippen LogP contribution in [-0.2, 0) is 5.41 Å². The average molecular weight is 706 g/mol. The van der Waals surface area contributed by atoms with Crippen LogP contribution in [-0.4, -0.2) is 60.9 Å². The van der Waals surface area contributed by atoms with E-state index in [0.717, 1.165) is 44.5 Å². The van der Waals surface area contributed by atoms with Gasteiger partial charge in [0.25, 0.3) is 0 Å². The Morgan fingerprint density at radius 3 is 1.25 bits per heavy atom. The van der Waals surface area contributed by atoms with E-state index in [2.05, 4.69) is 51.4 Å². The summed E-state index contributed by atoms with van der Waals surface area (Å²) in [5, 5.41) is 95.6. The number of benzene rings is 6. The summed E-state index contributed by atoms with van der Waals surface area (Å²) < 4.78 is 0. The van der Waals surface area contributed by atoms with Crippen LogP contribution in [0.3, 0.4) is 0 Å². The lowest BCUT2D eigenvalue weighted by Gasteiger charge is -2.30. The quantitative estimate of drug-likeness (QED) is 0.0679. The molecule has 0 fully saturated rings. The van der Waals surface area contributed by atoms with Crippen LogP contribution in [0.25, 0.3) is 56.4 Å². The van der Waals surface area contributed by atoms with Gasteiger partial charge in [-0.2, -0.15) is 0 Å². The second-order valence-electron chi connectivity index (χ2n) is 13.0. The van der Waals surface area contributed by atoms with Gasteiger partial charge in [0, 0.05) is 11.1 Å². The molecule has 0 bridgehead atoms. The highest BCUT2D eigenvalue weighted by Crippen LogP contribution is 2.63. The van der Waals surface area contributed by atoms with Crippen LogP contribution >= 0.6 is 0 Å². The number of hydrogen-bond acceptors (Lipinski definition) is 12. The first-order valence-corrected chi connectivity index (χ1v) is 16.3. The summed E-state index contributed by atoms with van der Waals surface area (Å²) in [6.45, 7) is 1.28. The number of hydrogen-bond donors (Lipinski definition) is 9. The summed E-state index contributed by atoms with van der Waals surface area (Å²) in [5.74, 6) is -10.4. The van der Waals surface area contributed by atoms with Crippen LogP contribution < -0.4 is 0 Å². The molecule has 2 aliphatic carbocycles. The molecule has 12 heteroatoms. The molecule has 0 unspecified atom stereocenters. The number of aromatic hydroxyl groups is 9. The summed E-state index contributed by atoms with van der Waals surface area (Å²) in [6, 6.07) is 30.1. The smallest absolute Gasteiger partial charge is 0.208 e. The van der Waals surface area contributed by atoms with Crippen molar-refractivity contribution in [3.63, 3.8) is 0 Å². The molecule has 0 radical (unpaired) electrons. The summed E-state index contributed by atoms with van der Waals surface area (Å²) in [7, 11) is 0. The van der Waals surface area contributed by atoms with Crippen molar-refractivity contribution in [1.82, 2.24) is 15.0 Å². The first kappa shape index (κ1) is 31.5. The van der Waals surface area contributed by atoms with Crippen molar-refractivity contribution in [2.24, 2.45) is 0 Å². The molecule has 9 rings (SSSR count). The van der Waals surface area contributed by atoms with E-state index >= 15 is 0 Å². The molecule has 0 atom stereocenters. The van der Waals surface area contributed by atoms with Crippen LogP contribution in [0, 0.1) is 6.92 Å². The molecule has 1 heterocycles. The van der Waals surface area contributed by atoms with Crippen molar-refractivity contribution in [2.45, 2.75) is 12.3 Å². The molecule has 0 amide bonds. The topological polar surface area (TPSA) is 221 Å². The first-order chi connectivity index (χ1) is 25.5. The van der Waals surface area contributed by atoms with Crippen molar-refractivity contribution in [1.29, 1.82) is 0 Å². The van der Waals surface area contributed by atoms with Gasteiger partial charge in [0.05, 0.1) is 5.41 Å². The maximum atomic E-state index is 11.1. The largest absolute Gasteiger partial charge is 0.507 e. The van der Waals surface area contributed by atoms with Crippen molar-refractivity contribution in [3.05, 3.63) is 119 Å². The molecule has 1 spiro atoms. The fourth-order valence-electron chi connectivity index (χ4n) is 7.89. The molecule has 1 aromatic heterocycles. The van der Waals surface area contributed by atoms with Gasteiger partial charge >= 0.3 is 0 Å². The lowest BCUT2D eigenvalue weighted by atomic mass is 9.70. The Kier molecular flexibility index (Phi) is 6.40. The first-order valence-electron chi connectivity index (χ1n) is 16.3. The second-order valence-corrected chi connectivity index (χ2v) is 13.0. The highest BCUT2D eigenvalue weighted by atomic mass is 16.4. The Labute approximate surface area is 299 Å². The number of nitrogens with zero attached hydrogens (tertiary/aromatic N) is 3. The third-order valence-electron chi connectivity index (χ3n) is 10.3. The Bertz CT molecular complexity index is 2550. The fourth-order valence-corrected chi connectivity index (χ4v) is 7.89. The van der Waals surface area contributed by atoms with Crippen LogP contribution in [0.2, 0.25) is 0 Å². The molecule has 12 nitrogen and oxygen atoms in total. The van der Waals surface area contributed by atoms with Gasteiger partial charge in [0.1, 0.15) is 16.9 Å². The lowest BCUT2D eigenvalue weighted by Crippen LogP contribution is -2.25. The molecule has 0 saturated heterocycles. The van der Waals surface area contributed by atoms with Crippen molar-refractivity contribution in [2.75, 3.05) is 0 Å². The van der Waals surface area contributed by atoms with Gasteiger partial charge in [-0.25, -0.2) is 15.0 Å². The van der Waals surface area contributed by atoms with Gasteiger partial charge in [-0.15, -0.1) is 0 Å². The third-order valence-corrected chi connectivity index (χ3v) is 10.3. The highest BCUT2D eigenvalue weighted by molar-refractivity contribution is 5.96. The van der Waals surface area contributed by atoms with E-state index in [1.54, 1.807) is 6.07 Å². The lowest BCUT2D eigenvalue weighted by molar-refractivity contribution is 0.329. The maximum absolute atomic E-state index is 11.1. The van der Waals surface area contributed by atoms with E-state index in [1.807, 2.05) is 48.5 Å². The Balaban J connectivity index is 1.36. The van der Waals surface area contributed by atoms with E-state index in [4.69, 9.17) is 0 Å². The molecule has 260 valence electrons. The number of phenols is 9. The Morgan fingerprint density at radius 2 is 0.755 bits per heavy atom. The monoisotopic (exact) mass is 705 g/mol. The van der Waals surface area contributed by atoms with Gasteiger partial charge in [-0.1, -0.05) is 84.9 Å². The average Bonchev–Trinajstić information content (AvgIpc) is 3.65. The third kappa shape index (κ3) is 3.96. The summed E-state index contributed by atoms with van der Waals surface area (Å²) in [4.78, 5) is 13.3. The number of rotatable bonds is 3. The van der Waals surface area contributed by atoms with Crippen molar-refractivity contribution in [3.8, 4) is 108 Å². The minimum atomic E-state index is -1.20. The van der Waals surface area contributed by atoms with Crippen molar-refractivity contribution >= 4 is 0 Å². The zero-order chi connectivity index (χ0) is 37.1. The summed E-state index contributed by atoms with van der Waals surface area (Å²) in [5.41, 5.74) is 6.37.